The van der Waals surface area contributed by atoms with E-state index in [0.717, 1.165) is 13.0 Å². The van der Waals surface area contributed by atoms with Crippen molar-refractivity contribution < 1.29 is 4.53 Å². The fraction of sp³-hybridized carbons (Fsp3) is 0.714. The average molecular weight is 159 g/mol. The second kappa shape index (κ2) is 4.66. The molecular formula is C7H17NOSi. The third-order valence-electron chi connectivity index (χ3n) is 1.18. The van der Waals surface area contributed by atoms with E-state index in [1.54, 1.807) is 0 Å². The number of rotatable bonds is 5. The summed E-state index contributed by atoms with van der Waals surface area (Å²) in [5.74, 6) is 0. The zero-order valence-electron chi connectivity index (χ0n) is 7.11. The first-order chi connectivity index (χ1) is 4.62. The van der Waals surface area contributed by atoms with E-state index in [9.17, 15) is 0 Å². The molecule has 0 rings (SSSR count). The molecule has 0 fully saturated rings. The van der Waals surface area contributed by atoms with Gasteiger partial charge in [0.15, 0.2) is 0 Å². The highest BCUT2D eigenvalue weighted by Gasteiger charge is 2.16. The third-order valence-corrected chi connectivity index (χ3v) is 2.83. The summed E-state index contributed by atoms with van der Waals surface area (Å²) < 4.78 is 5.39. The number of hydrogen-bond acceptors (Lipinski definition) is 2. The van der Waals surface area contributed by atoms with Crippen molar-refractivity contribution in [1.29, 1.82) is 0 Å². The van der Waals surface area contributed by atoms with Crippen molar-refractivity contribution in [3.05, 3.63) is 12.3 Å². The van der Waals surface area contributed by atoms with Crippen LogP contribution in [0.3, 0.4) is 0 Å². The average Bonchev–Trinajstić information content (AvgIpc) is 1.89. The zero-order chi connectivity index (χ0) is 8.04. The Bertz CT molecular complexity index is 104. The molecule has 0 saturated carbocycles. The Labute approximate surface area is 64.4 Å². The molecule has 0 aliphatic carbocycles. The number of hydrogen-bond donors (Lipinski definition) is 1. The summed E-state index contributed by atoms with van der Waals surface area (Å²) in [4.78, 5) is 0. The van der Waals surface area contributed by atoms with E-state index in [-0.39, 0.29) is 0 Å². The van der Waals surface area contributed by atoms with E-state index < -0.39 is 8.32 Å². The van der Waals surface area contributed by atoms with Crippen LogP contribution in [-0.2, 0) is 4.53 Å². The minimum atomic E-state index is -1.56. The molecule has 60 valence electrons. The first-order valence-electron chi connectivity index (χ1n) is 3.67. The molecule has 0 bridgehead atoms. The summed E-state index contributed by atoms with van der Waals surface area (Å²) in [6.07, 6.45) is 1.10. The van der Waals surface area contributed by atoms with Gasteiger partial charge in [-0.1, -0.05) is 12.6 Å². The molecule has 0 saturated heterocycles. The molecule has 0 heterocycles. The van der Waals surface area contributed by atoms with Crippen LogP contribution in [0.25, 0.3) is 0 Å². The monoisotopic (exact) mass is 159 g/mol. The molecule has 0 unspecified atom stereocenters. The Balaban J connectivity index is 3.37. The molecule has 2 nitrogen and oxygen atoms in total. The lowest BCUT2D eigenvalue weighted by atomic mass is 10.5. The van der Waals surface area contributed by atoms with Crippen LogP contribution in [0.2, 0.25) is 13.1 Å². The Morgan fingerprint density at radius 2 is 2.20 bits per heavy atom. The summed E-state index contributed by atoms with van der Waals surface area (Å²) in [5, 5.41) is 0. The van der Waals surface area contributed by atoms with Crippen LogP contribution in [-0.4, -0.2) is 14.9 Å². The highest BCUT2D eigenvalue weighted by atomic mass is 28.4. The van der Waals surface area contributed by atoms with Crippen LogP contribution in [0.15, 0.2) is 12.3 Å². The molecule has 0 aromatic heterocycles. The Hall–Kier alpha value is -0.123. The summed E-state index contributed by atoms with van der Waals surface area (Å²) in [6.45, 7) is 10.9. The first kappa shape index (κ1) is 9.88. The second-order valence-corrected chi connectivity index (χ2v) is 6.62. The maximum Gasteiger partial charge on any atom is 0.237 e. The van der Waals surface area contributed by atoms with Gasteiger partial charge in [-0.25, -0.2) is 5.48 Å². The molecule has 1 N–H and O–H groups in total. The van der Waals surface area contributed by atoms with Gasteiger partial charge in [-0.3, -0.25) is 0 Å². The summed E-state index contributed by atoms with van der Waals surface area (Å²) in [6, 6.07) is 0. The molecule has 0 amide bonds. The minimum absolute atomic E-state index is 0.921. The molecule has 3 heteroatoms. The summed E-state index contributed by atoms with van der Waals surface area (Å²) in [5.41, 5.74) is 4.83. The Kier molecular flexibility index (Phi) is 4.60. The van der Waals surface area contributed by atoms with Crippen molar-refractivity contribution in [3.63, 3.8) is 0 Å². The largest absolute Gasteiger partial charge is 0.341 e. The van der Waals surface area contributed by atoms with E-state index in [4.69, 9.17) is 4.53 Å². The summed E-state index contributed by atoms with van der Waals surface area (Å²) >= 11 is 0. The van der Waals surface area contributed by atoms with Crippen LogP contribution in [0.1, 0.15) is 13.3 Å². The fourth-order valence-corrected chi connectivity index (χ4v) is 0.938. The van der Waals surface area contributed by atoms with Crippen LogP contribution < -0.4 is 5.48 Å². The van der Waals surface area contributed by atoms with E-state index in [2.05, 4.69) is 32.1 Å². The van der Waals surface area contributed by atoms with E-state index >= 15 is 0 Å². The van der Waals surface area contributed by atoms with Crippen molar-refractivity contribution >= 4 is 8.32 Å². The SMILES string of the molecule is C=C[Si](C)(C)ONCCC. The molecular weight excluding hydrogens is 142 g/mol. The number of nitrogens with one attached hydrogen (secondary N) is 1. The van der Waals surface area contributed by atoms with Crippen molar-refractivity contribution in [2.45, 2.75) is 26.4 Å². The van der Waals surface area contributed by atoms with Gasteiger partial charge in [0, 0.05) is 6.54 Å². The third kappa shape index (κ3) is 4.73. The highest BCUT2D eigenvalue weighted by molar-refractivity contribution is 6.76. The van der Waals surface area contributed by atoms with Crippen LogP contribution in [0, 0.1) is 0 Å². The Morgan fingerprint density at radius 3 is 2.60 bits per heavy atom. The molecule has 0 aromatic carbocycles. The molecule has 0 aliphatic heterocycles. The van der Waals surface area contributed by atoms with Crippen molar-refractivity contribution in [3.8, 4) is 0 Å². The van der Waals surface area contributed by atoms with Gasteiger partial charge < -0.3 is 4.53 Å². The van der Waals surface area contributed by atoms with Crippen molar-refractivity contribution in [2.24, 2.45) is 0 Å². The van der Waals surface area contributed by atoms with Gasteiger partial charge in [-0.2, -0.15) is 0 Å². The molecule has 0 radical (unpaired) electrons. The van der Waals surface area contributed by atoms with Gasteiger partial charge in [0.25, 0.3) is 0 Å². The molecule has 0 spiro atoms. The molecule has 10 heavy (non-hydrogen) atoms. The standard InChI is InChI=1S/C7H17NOSi/c1-5-7-8-9-10(3,4)6-2/h6,8H,2,5,7H2,1,3-4H3. The lowest BCUT2D eigenvalue weighted by Gasteiger charge is -2.17. The van der Waals surface area contributed by atoms with Gasteiger partial charge in [-0.05, 0) is 19.5 Å². The first-order valence-corrected chi connectivity index (χ1v) is 6.65. The smallest absolute Gasteiger partial charge is 0.237 e. The maximum atomic E-state index is 5.39. The normalized spacial score (nSPS) is 11.5. The fourth-order valence-electron chi connectivity index (χ4n) is 0.381. The topological polar surface area (TPSA) is 21.3 Å². The quantitative estimate of drug-likeness (QED) is 0.375. The van der Waals surface area contributed by atoms with Crippen LogP contribution in [0.5, 0.6) is 0 Å². The minimum Gasteiger partial charge on any atom is -0.341 e. The van der Waals surface area contributed by atoms with Crippen LogP contribution in [0.4, 0.5) is 0 Å². The zero-order valence-corrected chi connectivity index (χ0v) is 8.11. The predicted molar refractivity (Wildman–Crippen MR) is 47.1 cm³/mol. The lowest BCUT2D eigenvalue weighted by molar-refractivity contribution is 0.190. The van der Waals surface area contributed by atoms with Crippen LogP contribution >= 0.6 is 0 Å². The van der Waals surface area contributed by atoms with Crippen molar-refractivity contribution in [2.75, 3.05) is 6.54 Å². The van der Waals surface area contributed by atoms with E-state index in [0.29, 0.717) is 0 Å². The predicted octanol–water partition coefficient (Wildman–Crippen LogP) is 1.85. The van der Waals surface area contributed by atoms with Gasteiger partial charge in [0.1, 0.15) is 0 Å². The molecule has 0 aromatic rings. The van der Waals surface area contributed by atoms with Gasteiger partial charge in [0.2, 0.25) is 8.32 Å². The number of hydroxylamine groups is 1. The van der Waals surface area contributed by atoms with Crippen molar-refractivity contribution in [1.82, 2.24) is 5.48 Å². The lowest BCUT2D eigenvalue weighted by Crippen LogP contribution is -2.35. The van der Waals surface area contributed by atoms with Gasteiger partial charge in [-0.15, -0.1) is 6.58 Å². The van der Waals surface area contributed by atoms with Gasteiger partial charge in [0.05, 0.1) is 0 Å². The van der Waals surface area contributed by atoms with E-state index in [1.165, 1.54) is 0 Å². The Morgan fingerprint density at radius 1 is 1.60 bits per heavy atom. The maximum absolute atomic E-state index is 5.39. The van der Waals surface area contributed by atoms with E-state index in [1.807, 2.05) is 5.70 Å². The van der Waals surface area contributed by atoms with Gasteiger partial charge >= 0.3 is 0 Å². The summed E-state index contributed by atoms with van der Waals surface area (Å²) in [7, 11) is -1.56. The second-order valence-electron chi connectivity index (χ2n) is 2.80. The molecule has 0 aliphatic rings. The molecule has 0 atom stereocenters. The highest BCUT2D eigenvalue weighted by Crippen LogP contribution is 2.01.